The number of amides is 1. The van der Waals surface area contributed by atoms with E-state index in [2.05, 4.69) is 10.4 Å². The van der Waals surface area contributed by atoms with Crippen LogP contribution in [-0.2, 0) is 23.9 Å². The van der Waals surface area contributed by atoms with Gasteiger partial charge in [0, 0.05) is 23.4 Å². The van der Waals surface area contributed by atoms with E-state index in [1.54, 1.807) is 19.9 Å². The normalized spacial score (nSPS) is 13.2. The maximum absolute atomic E-state index is 13.1. The van der Waals surface area contributed by atoms with Gasteiger partial charge in [0.2, 0.25) is 5.91 Å². The predicted molar refractivity (Wildman–Crippen MR) is 111 cm³/mol. The Hall–Kier alpha value is -3.49. The second-order valence-corrected chi connectivity index (χ2v) is 7.50. The minimum Gasteiger partial charge on any atom is -0.486 e. The summed E-state index contributed by atoms with van der Waals surface area (Å²) in [5.41, 5.74) is 2.23. The molecule has 1 amide bonds. The highest BCUT2D eigenvalue weighted by Crippen LogP contribution is 2.33. The molecule has 6 nitrogen and oxygen atoms in total. The molecule has 0 unspecified atom stereocenters. The van der Waals surface area contributed by atoms with Crippen molar-refractivity contribution in [3.05, 3.63) is 70.5 Å². The second kappa shape index (κ2) is 8.57. The lowest BCUT2D eigenvalue weighted by molar-refractivity contribution is -0.137. The molecule has 0 bridgehead atoms. The minimum absolute atomic E-state index is 0.0585. The first-order valence-electron chi connectivity index (χ1n) is 10.1. The van der Waals surface area contributed by atoms with Crippen LogP contribution >= 0.6 is 0 Å². The lowest BCUT2D eigenvalue weighted by Gasteiger charge is -2.21. The van der Waals surface area contributed by atoms with Crippen molar-refractivity contribution in [1.29, 1.82) is 0 Å². The molecule has 9 heteroatoms. The minimum atomic E-state index is -4.44. The van der Waals surface area contributed by atoms with Gasteiger partial charge in [0.1, 0.15) is 13.2 Å². The van der Waals surface area contributed by atoms with Gasteiger partial charge < -0.3 is 14.8 Å². The van der Waals surface area contributed by atoms with Gasteiger partial charge in [-0.1, -0.05) is 18.2 Å². The fourth-order valence-electron chi connectivity index (χ4n) is 3.69. The van der Waals surface area contributed by atoms with Crippen molar-refractivity contribution in [1.82, 2.24) is 15.1 Å². The smallest absolute Gasteiger partial charge is 0.416 e. The lowest BCUT2D eigenvalue weighted by Crippen LogP contribution is -2.26. The van der Waals surface area contributed by atoms with E-state index in [4.69, 9.17) is 9.47 Å². The number of hydrogen-bond acceptors (Lipinski definition) is 4. The van der Waals surface area contributed by atoms with Crippen LogP contribution in [0.3, 0.4) is 0 Å². The summed E-state index contributed by atoms with van der Waals surface area (Å²) in [5.74, 6) is 1.05. The average Bonchev–Trinajstić information content (AvgIpc) is 3.05. The summed E-state index contributed by atoms with van der Waals surface area (Å²) in [4.78, 5) is 12.6. The summed E-state index contributed by atoms with van der Waals surface area (Å²) in [5, 5.41) is 7.24. The van der Waals surface area contributed by atoms with Crippen LogP contribution in [0.15, 0.2) is 42.5 Å². The Morgan fingerprint density at radius 3 is 2.66 bits per heavy atom. The van der Waals surface area contributed by atoms with Crippen molar-refractivity contribution in [2.45, 2.75) is 33.0 Å². The quantitative estimate of drug-likeness (QED) is 0.641. The molecule has 2 aromatic carbocycles. The summed E-state index contributed by atoms with van der Waals surface area (Å²) >= 11 is 0. The highest BCUT2D eigenvalue weighted by atomic mass is 19.4. The van der Waals surface area contributed by atoms with Crippen molar-refractivity contribution in [3.63, 3.8) is 0 Å². The Labute approximate surface area is 183 Å². The Balaban J connectivity index is 1.49. The molecule has 1 aromatic heterocycles. The number of benzene rings is 2. The third-order valence-electron chi connectivity index (χ3n) is 5.32. The van der Waals surface area contributed by atoms with Crippen LogP contribution in [-0.4, -0.2) is 28.9 Å². The Morgan fingerprint density at radius 2 is 1.88 bits per heavy atom. The number of carbonyl (C=O) groups is 1. The number of carbonyl (C=O) groups excluding carboxylic acids is 1. The van der Waals surface area contributed by atoms with Gasteiger partial charge in [-0.15, -0.1) is 0 Å². The summed E-state index contributed by atoms with van der Waals surface area (Å²) in [6.45, 7) is 4.67. The molecule has 0 spiro atoms. The molecular weight excluding hydrogens is 423 g/mol. The first kappa shape index (κ1) is 21.7. The molecule has 0 atom stereocenters. The molecule has 4 rings (SSSR count). The average molecular weight is 445 g/mol. The third-order valence-corrected chi connectivity index (χ3v) is 5.32. The molecule has 2 heterocycles. The van der Waals surface area contributed by atoms with Crippen LogP contribution < -0.4 is 14.8 Å². The number of nitrogens with zero attached hydrogens (tertiary/aromatic N) is 2. The van der Waals surface area contributed by atoms with Gasteiger partial charge >= 0.3 is 6.18 Å². The van der Waals surface area contributed by atoms with Crippen LogP contribution in [0, 0.1) is 13.8 Å². The van der Waals surface area contributed by atoms with Gasteiger partial charge in [0.05, 0.1) is 23.4 Å². The van der Waals surface area contributed by atoms with E-state index in [9.17, 15) is 18.0 Å². The van der Waals surface area contributed by atoms with Crippen LogP contribution in [0.2, 0.25) is 0 Å². The number of ether oxygens (including phenoxy) is 2. The van der Waals surface area contributed by atoms with Crippen LogP contribution in [0.1, 0.15) is 28.1 Å². The summed E-state index contributed by atoms with van der Waals surface area (Å²) in [6, 6.07) is 10.5. The van der Waals surface area contributed by atoms with Gasteiger partial charge in [-0.3, -0.25) is 4.79 Å². The predicted octanol–water partition coefficient (Wildman–Crippen LogP) is 4.14. The van der Waals surface area contributed by atoms with Gasteiger partial charge in [-0.05, 0) is 38.1 Å². The molecular formula is C23H22F3N3O3. The van der Waals surface area contributed by atoms with Crippen molar-refractivity contribution < 1.29 is 27.4 Å². The first-order valence-corrected chi connectivity index (χ1v) is 10.1. The number of alkyl halides is 3. The van der Waals surface area contributed by atoms with E-state index < -0.39 is 11.7 Å². The Morgan fingerprint density at radius 1 is 1.12 bits per heavy atom. The number of fused-ring (bicyclic) bond motifs is 1. The molecule has 168 valence electrons. The van der Waals surface area contributed by atoms with Crippen LogP contribution in [0.5, 0.6) is 11.5 Å². The maximum atomic E-state index is 13.1. The summed E-state index contributed by atoms with van der Waals surface area (Å²) in [6.07, 6.45) is -4.39. The monoisotopic (exact) mass is 445 g/mol. The SMILES string of the molecule is Cc1nn(-c2cccc(C(F)(F)F)c2)c(C)c1CC(=O)NCc1cccc2c1OCCO2. The maximum Gasteiger partial charge on any atom is 0.416 e. The van der Waals surface area contributed by atoms with E-state index in [0.717, 1.165) is 17.7 Å². The molecule has 0 saturated carbocycles. The van der Waals surface area contributed by atoms with Crippen molar-refractivity contribution in [2.24, 2.45) is 0 Å². The molecule has 0 fully saturated rings. The standard InChI is InChI=1S/C23H22F3N3O3/c1-14-19(15(2)29(28-14)18-7-4-6-17(11-18)23(24,25)26)12-21(30)27-13-16-5-3-8-20-22(16)32-10-9-31-20/h3-8,11H,9-10,12-13H2,1-2H3,(H,27,30). The molecule has 0 saturated heterocycles. The van der Waals surface area contributed by atoms with Gasteiger partial charge in [0.25, 0.3) is 0 Å². The fourth-order valence-corrected chi connectivity index (χ4v) is 3.69. The zero-order valence-corrected chi connectivity index (χ0v) is 17.6. The number of aromatic nitrogens is 2. The number of para-hydroxylation sites is 1. The Bertz CT molecular complexity index is 1160. The van der Waals surface area contributed by atoms with Crippen molar-refractivity contribution in [3.8, 4) is 17.2 Å². The van der Waals surface area contributed by atoms with E-state index in [1.807, 2.05) is 18.2 Å². The number of aryl methyl sites for hydroxylation is 1. The van der Waals surface area contributed by atoms with Gasteiger partial charge in [0.15, 0.2) is 11.5 Å². The van der Waals surface area contributed by atoms with Crippen LogP contribution in [0.25, 0.3) is 5.69 Å². The highest BCUT2D eigenvalue weighted by molar-refractivity contribution is 5.79. The van der Waals surface area contributed by atoms with Gasteiger partial charge in [-0.25, -0.2) is 4.68 Å². The number of hydrogen-bond donors (Lipinski definition) is 1. The number of nitrogens with one attached hydrogen (secondary N) is 1. The lowest BCUT2D eigenvalue weighted by atomic mass is 10.1. The molecule has 3 aromatic rings. The number of halogens is 3. The highest BCUT2D eigenvalue weighted by Gasteiger charge is 2.31. The van der Waals surface area contributed by atoms with E-state index in [-0.39, 0.29) is 18.9 Å². The second-order valence-electron chi connectivity index (χ2n) is 7.50. The molecule has 32 heavy (non-hydrogen) atoms. The van der Waals surface area contributed by atoms with E-state index >= 15 is 0 Å². The zero-order chi connectivity index (χ0) is 22.9. The van der Waals surface area contributed by atoms with E-state index in [0.29, 0.717) is 47.4 Å². The first-order chi connectivity index (χ1) is 15.2. The van der Waals surface area contributed by atoms with Gasteiger partial charge in [-0.2, -0.15) is 18.3 Å². The zero-order valence-electron chi connectivity index (χ0n) is 17.6. The molecule has 1 aliphatic heterocycles. The topological polar surface area (TPSA) is 65.4 Å². The van der Waals surface area contributed by atoms with Crippen molar-refractivity contribution in [2.75, 3.05) is 13.2 Å². The Kier molecular flexibility index (Phi) is 5.82. The molecule has 0 radical (unpaired) electrons. The van der Waals surface area contributed by atoms with Crippen molar-refractivity contribution >= 4 is 5.91 Å². The number of rotatable bonds is 5. The summed E-state index contributed by atoms with van der Waals surface area (Å²) < 4.78 is 51.9. The molecule has 1 N–H and O–H groups in total. The largest absolute Gasteiger partial charge is 0.486 e. The molecule has 1 aliphatic rings. The van der Waals surface area contributed by atoms with E-state index in [1.165, 1.54) is 10.7 Å². The van der Waals surface area contributed by atoms with Crippen LogP contribution in [0.4, 0.5) is 13.2 Å². The molecule has 0 aliphatic carbocycles. The summed E-state index contributed by atoms with van der Waals surface area (Å²) in [7, 11) is 0. The fraction of sp³-hybridized carbons (Fsp3) is 0.304. The third kappa shape index (κ3) is 4.42.